The Labute approximate surface area is 110 Å². The van der Waals surface area contributed by atoms with E-state index >= 15 is 0 Å². The molecule has 8 heteroatoms. The molecule has 4 amide bonds. The summed E-state index contributed by atoms with van der Waals surface area (Å²) in [5, 5.41) is 4.89. The Morgan fingerprint density at radius 1 is 1.37 bits per heavy atom. The first-order valence-electron chi connectivity index (χ1n) is 5.75. The lowest BCUT2D eigenvalue weighted by molar-refractivity contribution is -0.140. The Hall–Kier alpha value is -2.12. The number of carbonyl (C=O) groups excluding carboxylic acids is 4. The van der Waals surface area contributed by atoms with Crippen LogP contribution in [0.15, 0.2) is 0 Å². The van der Waals surface area contributed by atoms with Crippen LogP contribution in [0, 0.1) is 0 Å². The predicted molar refractivity (Wildman–Crippen MR) is 64.0 cm³/mol. The molecule has 0 bridgehead atoms. The van der Waals surface area contributed by atoms with E-state index in [-0.39, 0.29) is 19.5 Å². The second-order valence-corrected chi connectivity index (χ2v) is 4.62. The third-order valence-corrected chi connectivity index (χ3v) is 2.63. The Kier molecular flexibility index (Phi) is 4.47. The summed E-state index contributed by atoms with van der Waals surface area (Å²) in [6, 6.07) is -0.599. The van der Waals surface area contributed by atoms with Crippen molar-refractivity contribution in [2.24, 2.45) is 0 Å². The van der Waals surface area contributed by atoms with Crippen LogP contribution in [0.4, 0.5) is 4.79 Å². The standard InChI is InChI=1S/C11H17N3O5/c1-11(2)9(17)14(10(18)13-11)6-7(15)12-5-4-8(16)19-3/h4-6H2,1-3H3,(H,12,15)(H,13,18). The largest absolute Gasteiger partial charge is 0.469 e. The average molecular weight is 271 g/mol. The smallest absolute Gasteiger partial charge is 0.325 e. The number of rotatable bonds is 5. The topological polar surface area (TPSA) is 105 Å². The van der Waals surface area contributed by atoms with E-state index in [9.17, 15) is 19.2 Å². The third kappa shape index (κ3) is 3.67. The van der Waals surface area contributed by atoms with Gasteiger partial charge in [-0.15, -0.1) is 0 Å². The van der Waals surface area contributed by atoms with E-state index in [0.29, 0.717) is 0 Å². The molecule has 106 valence electrons. The van der Waals surface area contributed by atoms with Crippen LogP contribution >= 0.6 is 0 Å². The van der Waals surface area contributed by atoms with Gasteiger partial charge in [0, 0.05) is 6.54 Å². The van der Waals surface area contributed by atoms with Crippen LogP contribution in [0.2, 0.25) is 0 Å². The van der Waals surface area contributed by atoms with E-state index in [1.54, 1.807) is 13.8 Å². The molecule has 0 aromatic heterocycles. The van der Waals surface area contributed by atoms with Gasteiger partial charge in [0.15, 0.2) is 0 Å². The number of carbonyl (C=O) groups is 4. The zero-order valence-electron chi connectivity index (χ0n) is 11.1. The van der Waals surface area contributed by atoms with E-state index in [1.165, 1.54) is 7.11 Å². The highest BCUT2D eigenvalue weighted by atomic mass is 16.5. The van der Waals surface area contributed by atoms with Gasteiger partial charge in [0.05, 0.1) is 13.5 Å². The Balaban J connectivity index is 2.43. The average Bonchev–Trinajstić information content (AvgIpc) is 2.51. The number of amides is 4. The molecule has 0 aliphatic carbocycles. The van der Waals surface area contributed by atoms with Crippen LogP contribution in [0.25, 0.3) is 0 Å². The number of hydrogen-bond acceptors (Lipinski definition) is 5. The van der Waals surface area contributed by atoms with Crippen molar-refractivity contribution in [3.05, 3.63) is 0 Å². The van der Waals surface area contributed by atoms with Crippen molar-refractivity contribution in [2.75, 3.05) is 20.2 Å². The molecule has 1 fully saturated rings. The van der Waals surface area contributed by atoms with Crippen molar-refractivity contribution < 1.29 is 23.9 Å². The maximum atomic E-state index is 11.8. The van der Waals surface area contributed by atoms with Gasteiger partial charge in [0.2, 0.25) is 5.91 Å². The highest BCUT2D eigenvalue weighted by molar-refractivity contribution is 6.08. The number of methoxy groups -OCH3 is 1. The summed E-state index contributed by atoms with van der Waals surface area (Å²) in [5.41, 5.74) is -0.997. The van der Waals surface area contributed by atoms with Crippen molar-refractivity contribution in [3.63, 3.8) is 0 Å². The molecule has 2 N–H and O–H groups in total. The molecular weight excluding hydrogens is 254 g/mol. The number of nitrogens with one attached hydrogen (secondary N) is 2. The first-order valence-corrected chi connectivity index (χ1v) is 5.75. The Morgan fingerprint density at radius 3 is 2.47 bits per heavy atom. The first-order chi connectivity index (χ1) is 8.77. The van der Waals surface area contributed by atoms with Gasteiger partial charge in [-0.05, 0) is 13.8 Å². The van der Waals surface area contributed by atoms with E-state index in [0.717, 1.165) is 4.90 Å². The zero-order chi connectivity index (χ0) is 14.6. The Morgan fingerprint density at radius 2 is 2.00 bits per heavy atom. The molecule has 1 aliphatic heterocycles. The molecule has 1 aliphatic rings. The van der Waals surface area contributed by atoms with Crippen LogP contribution in [0.3, 0.4) is 0 Å². The van der Waals surface area contributed by atoms with Crippen molar-refractivity contribution in [1.29, 1.82) is 0 Å². The minimum Gasteiger partial charge on any atom is -0.469 e. The number of nitrogens with zero attached hydrogens (tertiary/aromatic N) is 1. The third-order valence-electron chi connectivity index (χ3n) is 2.63. The fraction of sp³-hybridized carbons (Fsp3) is 0.636. The first kappa shape index (κ1) is 14.9. The molecule has 0 unspecified atom stereocenters. The van der Waals surface area contributed by atoms with Gasteiger partial charge in [0.25, 0.3) is 5.91 Å². The van der Waals surface area contributed by atoms with E-state index < -0.39 is 29.4 Å². The van der Waals surface area contributed by atoms with E-state index in [4.69, 9.17) is 0 Å². The molecule has 8 nitrogen and oxygen atoms in total. The van der Waals surface area contributed by atoms with Crippen molar-refractivity contribution in [3.8, 4) is 0 Å². The SMILES string of the molecule is COC(=O)CCNC(=O)CN1C(=O)NC(C)(C)C1=O. The van der Waals surface area contributed by atoms with Crippen molar-refractivity contribution in [2.45, 2.75) is 25.8 Å². The monoisotopic (exact) mass is 271 g/mol. The van der Waals surface area contributed by atoms with Crippen LogP contribution in [-0.2, 0) is 19.1 Å². The van der Waals surface area contributed by atoms with Crippen LogP contribution in [0.5, 0.6) is 0 Å². The number of imide groups is 1. The molecule has 0 atom stereocenters. The van der Waals surface area contributed by atoms with Crippen LogP contribution < -0.4 is 10.6 Å². The zero-order valence-corrected chi connectivity index (χ0v) is 11.1. The molecule has 1 saturated heterocycles. The molecule has 0 spiro atoms. The van der Waals surface area contributed by atoms with Gasteiger partial charge in [-0.25, -0.2) is 4.79 Å². The molecule has 0 aromatic rings. The molecule has 0 radical (unpaired) electrons. The summed E-state index contributed by atoms with van der Waals surface area (Å²) in [7, 11) is 1.25. The van der Waals surface area contributed by atoms with E-state index in [1.807, 2.05) is 0 Å². The maximum Gasteiger partial charge on any atom is 0.325 e. The lowest BCUT2D eigenvalue weighted by atomic mass is 10.1. The van der Waals surface area contributed by atoms with Gasteiger partial charge in [-0.2, -0.15) is 0 Å². The van der Waals surface area contributed by atoms with Gasteiger partial charge < -0.3 is 15.4 Å². The Bertz CT molecular complexity index is 419. The molecule has 0 saturated carbocycles. The van der Waals surface area contributed by atoms with E-state index in [2.05, 4.69) is 15.4 Å². The van der Waals surface area contributed by atoms with Gasteiger partial charge in [0.1, 0.15) is 12.1 Å². The quantitative estimate of drug-likeness (QED) is 0.493. The van der Waals surface area contributed by atoms with Gasteiger partial charge >= 0.3 is 12.0 Å². The van der Waals surface area contributed by atoms with Gasteiger partial charge in [-0.1, -0.05) is 0 Å². The summed E-state index contributed by atoms with van der Waals surface area (Å²) >= 11 is 0. The predicted octanol–water partition coefficient (Wildman–Crippen LogP) is -1.00. The number of ether oxygens (including phenoxy) is 1. The molecule has 1 heterocycles. The molecular formula is C11H17N3O5. The number of esters is 1. The van der Waals surface area contributed by atoms with Crippen molar-refractivity contribution >= 4 is 23.8 Å². The molecule has 1 rings (SSSR count). The van der Waals surface area contributed by atoms with Crippen molar-refractivity contribution in [1.82, 2.24) is 15.5 Å². The summed E-state index contributed by atoms with van der Waals surface area (Å²) in [6.45, 7) is 2.85. The normalized spacial score (nSPS) is 17.1. The minimum atomic E-state index is -0.997. The summed E-state index contributed by atoms with van der Waals surface area (Å²) < 4.78 is 4.41. The van der Waals surface area contributed by atoms with Gasteiger partial charge in [-0.3, -0.25) is 19.3 Å². The highest BCUT2D eigenvalue weighted by Crippen LogP contribution is 2.15. The summed E-state index contributed by atoms with van der Waals surface area (Å²) in [6.07, 6.45) is 0.0356. The number of urea groups is 1. The lowest BCUT2D eigenvalue weighted by Gasteiger charge is -2.15. The summed E-state index contributed by atoms with van der Waals surface area (Å²) in [5.74, 6) is -1.41. The van der Waals surface area contributed by atoms with Crippen LogP contribution in [-0.4, -0.2) is 54.5 Å². The minimum absolute atomic E-state index is 0.0356. The van der Waals surface area contributed by atoms with Crippen LogP contribution in [0.1, 0.15) is 20.3 Å². The molecule has 19 heavy (non-hydrogen) atoms. The molecule has 0 aromatic carbocycles. The fourth-order valence-electron chi connectivity index (χ4n) is 1.57. The lowest BCUT2D eigenvalue weighted by Crippen LogP contribution is -2.43. The number of hydrogen-bond donors (Lipinski definition) is 2. The second kappa shape index (κ2) is 5.68. The maximum absolute atomic E-state index is 11.8. The highest BCUT2D eigenvalue weighted by Gasteiger charge is 2.44. The summed E-state index contributed by atoms with van der Waals surface area (Å²) in [4.78, 5) is 46.5. The fourth-order valence-corrected chi connectivity index (χ4v) is 1.57. The second-order valence-electron chi connectivity index (χ2n) is 4.62.